The highest BCUT2D eigenvalue weighted by Crippen LogP contribution is 2.49. The highest BCUT2D eigenvalue weighted by atomic mass is 32.2. The van der Waals surface area contributed by atoms with Crippen LogP contribution in [0.5, 0.6) is 11.5 Å². The van der Waals surface area contributed by atoms with Crippen LogP contribution in [0, 0.1) is 0 Å². The van der Waals surface area contributed by atoms with Gasteiger partial charge in [-0.05, 0) is 43.0 Å². The summed E-state index contributed by atoms with van der Waals surface area (Å²) in [6, 6.07) is 10.9. The van der Waals surface area contributed by atoms with Crippen molar-refractivity contribution in [3.8, 4) is 11.5 Å². The summed E-state index contributed by atoms with van der Waals surface area (Å²) in [6.07, 6.45) is 5.37. The Kier molecular flexibility index (Phi) is 5.92. The van der Waals surface area contributed by atoms with E-state index in [1.807, 2.05) is 58.0 Å². The Hall–Kier alpha value is -3.52. The van der Waals surface area contributed by atoms with E-state index in [2.05, 4.69) is 22.7 Å². The van der Waals surface area contributed by atoms with Gasteiger partial charge < -0.3 is 14.3 Å². The molecule has 0 amide bonds. The van der Waals surface area contributed by atoms with E-state index in [0.717, 1.165) is 11.1 Å². The molecule has 8 heteroatoms. The summed E-state index contributed by atoms with van der Waals surface area (Å²) in [5, 5.41) is 17.0. The number of rotatable bonds is 4. The molecule has 0 saturated carbocycles. The summed E-state index contributed by atoms with van der Waals surface area (Å²) < 4.78 is 12.0. The van der Waals surface area contributed by atoms with Gasteiger partial charge in [-0.25, -0.2) is 9.79 Å². The van der Waals surface area contributed by atoms with Crippen molar-refractivity contribution in [1.29, 1.82) is 0 Å². The number of thioether (sulfide) groups is 1. The number of benzene rings is 2. The lowest BCUT2D eigenvalue weighted by Gasteiger charge is -2.31. The monoisotopic (exact) mass is 489 g/mol. The summed E-state index contributed by atoms with van der Waals surface area (Å²) in [5.74, 6) is 1.22. The molecule has 5 rings (SSSR count). The third-order valence-corrected chi connectivity index (χ3v) is 6.95. The van der Waals surface area contributed by atoms with Crippen LogP contribution in [0.1, 0.15) is 61.9 Å². The summed E-state index contributed by atoms with van der Waals surface area (Å²) in [7, 11) is 0. The minimum absolute atomic E-state index is 0.0298. The summed E-state index contributed by atoms with van der Waals surface area (Å²) in [4.78, 5) is 17.4. The largest absolute Gasteiger partial charge is 0.507 e. The zero-order valence-corrected chi connectivity index (χ0v) is 20.8. The van der Waals surface area contributed by atoms with Crippen LogP contribution in [-0.4, -0.2) is 22.1 Å². The van der Waals surface area contributed by atoms with Gasteiger partial charge in [0.05, 0.1) is 22.7 Å². The minimum Gasteiger partial charge on any atom is -0.507 e. The van der Waals surface area contributed by atoms with Crippen LogP contribution in [0.25, 0.3) is 17.0 Å². The quantitative estimate of drug-likeness (QED) is 0.455. The molecule has 0 spiro atoms. The standard InChI is InChI=1S/C27H27N3O4S/c1-15(2)18-12-20(31)33-25-21(18)24-17(10-11-27(3,4)34-24)23(32)22(25)19-13-28-30-26(29-19)35-14-16-8-6-5-7-9-16/h5-13,15,19,32H,14H2,1-4H3,(H,29,30). The van der Waals surface area contributed by atoms with Crippen molar-refractivity contribution < 1.29 is 14.3 Å². The molecule has 0 fully saturated rings. The van der Waals surface area contributed by atoms with Crippen molar-refractivity contribution in [3.05, 3.63) is 75.1 Å². The SMILES string of the molecule is CC(C)c1cc(=O)oc2c(C3C=NNC(SCc4ccccc4)=N3)c(O)c3c(c12)OC(C)(C)C=C3. The molecule has 1 atom stereocenters. The molecule has 1 aromatic heterocycles. The second kappa shape index (κ2) is 8.92. The van der Waals surface area contributed by atoms with Crippen LogP contribution in [0.15, 0.2) is 61.8 Å². The highest BCUT2D eigenvalue weighted by Gasteiger charge is 2.33. The molecule has 2 aromatic carbocycles. The Morgan fingerprint density at radius 2 is 2.00 bits per heavy atom. The number of ether oxygens (including phenoxy) is 1. The van der Waals surface area contributed by atoms with Crippen molar-refractivity contribution >= 4 is 40.2 Å². The van der Waals surface area contributed by atoms with Crippen LogP contribution in [0.2, 0.25) is 0 Å². The van der Waals surface area contributed by atoms with Gasteiger partial charge in [0.25, 0.3) is 0 Å². The van der Waals surface area contributed by atoms with Gasteiger partial charge in [-0.3, -0.25) is 5.43 Å². The average molecular weight is 490 g/mol. The maximum Gasteiger partial charge on any atom is 0.336 e. The molecule has 2 aliphatic rings. The van der Waals surface area contributed by atoms with E-state index in [4.69, 9.17) is 14.1 Å². The first-order valence-electron chi connectivity index (χ1n) is 11.5. The number of nitrogens with zero attached hydrogens (tertiary/aromatic N) is 2. The normalized spacial score (nSPS) is 18.2. The van der Waals surface area contributed by atoms with E-state index in [1.54, 1.807) is 6.21 Å². The molecule has 0 saturated heterocycles. The van der Waals surface area contributed by atoms with E-state index in [-0.39, 0.29) is 17.3 Å². The van der Waals surface area contributed by atoms with E-state index in [9.17, 15) is 9.90 Å². The number of phenolic OH excluding ortho intramolecular Hbond substituents is 1. The predicted molar refractivity (Wildman–Crippen MR) is 142 cm³/mol. The fourth-order valence-corrected chi connectivity index (χ4v) is 5.09. The molecule has 0 aliphatic carbocycles. The smallest absolute Gasteiger partial charge is 0.336 e. The fraction of sp³-hybridized carbons (Fsp3) is 0.296. The third-order valence-electron chi connectivity index (χ3n) is 6.00. The Morgan fingerprint density at radius 1 is 1.23 bits per heavy atom. The molecule has 35 heavy (non-hydrogen) atoms. The molecule has 2 N–H and O–H groups in total. The summed E-state index contributed by atoms with van der Waals surface area (Å²) in [6.45, 7) is 7.91. The molecule has 2 aliphatic heterocycles. The zero-order valence-electron chi connectivity index (χ0n) is 20.0. The van der Waals surface area contributed by atoms with Crippen LogP contribution >= 0.6 is 11.8 Å². The molecule has 180 valence electrons. The first kappa shape index (κ1) is 23.2. The van der Waals surface area contributed by atoms with Gasteiger partial charge >= 0.3 is 5.63 Å². The number of fused-ring (bicyclic) bond motifs is 3. The van der Waals surface area contributed by atoms with Crippen LogP contribution in [-0.2, 0) is 5.75 Å². The van der Waals surface area contributed by atoms with Crippen molar-refractivity contribution in [1.82, 2.24) is 5.43 Å². The molecule has 1 unspecified atom stereocenters. The molecule has 3 aromatic rings. The second-order valence-corrected chi connectivity index (χ2v) is 10.4. The number of hydrazone groups is 1. The van der Waals surface area contributed by atoms with Gasteiger partial charge in [0.15, 0.2) is 10.8 Å². The second-order valence-electron chi connectivity index (χ2n) is 9.47. The number of hydrogen-bond acceptors (Lipinski definition) is 8. The van der Waals surface area contributed by atoms with Crippen molar-refractivity contribution in [2.75, 3.05) is 0 Å². The van der Waals surface area contributed by atoms with E-state index < -0.39 is 17.3 Å². The van der Waals surface area contributed by atoms with Crippen LogP contribution in [0.3, 0.4) is 0 Å². The van der Waals surface area contributed by atoms with Gasteiger partial charge in [0, 0.05) is 11.8 Å². The molecular weight excluding hydrogens is 462 g/mol. The minimum atomic E-state index is -0.642. The summed E-state index contributed by atoms with van der Waals surface area (Å²) in [5.41, 5.74) is 5.06. The van der Waals surface area contributed by atoms with E-state index >= 15 is 0 Å². The predicted octanol–water partition coefficient (Wildman–Crippen LogP) is 5.73. The topological polar surface area (TPSA) is 96.4 Å². The lowest BCUT2D eigenvalue weighted by atomic mass is 9.90. The Labute approximate surface area is 207 Å². The van der Waals surface area contributed by atoms with Crippen molar-refractivity contribution in [2.24, 2.45) is 10.1 Å². The molecular formula is C27H27N3O4S. The Balaban J connectivity index is 1.67. The number of phenols is 1. The van der Waals surface area contributed by atoms with Gasteiger partial charge in [-0.1, -0.05) is 55.9 Å². The first-order valence-corrected chi connectivity index (χ1v) is 12.5. The van der Waals surface area contributed by atoms with Gasteiger partial charge in [0.2, 0.25) is 0 Å². The molecule has 3 heterocycles. The first-order chi connectivity index (χ1) is 16.7. The van der Waals surface area contributed by atoms with Gasteiger partial charge in [-0.15, -0.1) is 0 Å². The van der Waals surface area contributed by atoms with Gasteiger partial charge in [-0.2, -0.15) is 5.10 Å². The molecule has 7 nitrogen and oxygen atoms in total. The van der Waals surface area contributed by atoms with E-state index in [0.29, 0.717) is 33.2 Å². The molecule has 0 bridgehead atoms. The Morgan fingerprint density at radius 3 is 2.74 bits per heavy atom. The Bertz CT molecular complexity index is 1440. The van der Waals surface area contributed by atoms with E-state index in [1.165, 1.54) is 17.8 Å². The number of aromatic hydroxyl groups is 1. The van der Waals surface area contributed by atoms with Gasteiger partial charge in [0.1, 0.15) is 23.1 Å². The average Bonchev–Trinajstić information content (AvgIpc) is 2.82. The lowest BCUT2D eigenvalue weighted by molar-refractivity contribution is 0.160. The third kappa shape index (κ3) is 4.46. The van der Waals surface area contributed by atoms with Crippen molar-refractivity contribution in [3.63, 3.8) is 0 Å². The number of hydrogen-bond donors (Lipinski definition) is 2. The number of amidine groups is 1. The maximum absolute atomic E-state index is 12.6. The zero-order chi connectivity index (χ0) is 24.7. The maximum atomic E-state index is 12.6. The fourth-order valence-electron chi connectivity index (χ4n) is 4.29. The van der Waals surface area contributed by atoms with Crippen molar-refractivity contribution in [2.45, 2.75) is 51.0 Å². The van der Waals surface area contributed by atoms with Crippen LogP contribution in [0.4, 0.5) is 0 Å². The van der Waals surface area contributed by atoms with Crippen LogP contribution < -0.4 is 15.8 Å². The summed E-state index contributed by atoms with van der Waals surface area (Å²) >= 11 is 1.51. The highest BCUT2D eigenvalue weighted by molar-refractivity contribution is 8.13. The lowest BCUT2D eigenvalue weighted by Crippen LogP contribution is -2.28. The number of aliphatic imine (C=N–C) groups is 1. The molecule has 0 radical (unpaired) electrons. The number of nitrogens with one attached hydrogen (secondary N) is 1.